The SMILES string of the molecule is CC.CC(C)(NC1=CCC(c2c[nH]c3ncc(C#N)cc23)=CN=C1)C(=O)NCC(F)(F)F. The van der Waals surface area contributed by atoms with Gasteiger partial charge in [-0.2, -0.15) is 18.4 Å². The third-order valence-electron chi connectivity index (χ3n) is 4.47. The van der Waals surface area contributed by atoms with Crippen LogP contribution in [0.1, 0.15) is 45.2 Å². The molecule has 32 heavy (non-hydrogen) atoms. The van der Waals surface area contributed by atoms with Gasteiger partial charge in [0, 0.05) is 41.5 Å². The number of aliphatic imine (C=N–C) groups is 1. The van der Waals surface area contributed by atoms with Crippen LogP contribution >= 0.6 is 0 Å². The molecule has 1 aliphatic rings. The van der Waals surface area contributed by atoms with Gasteiger partial charge in [-0.15, -0.1) is 0 Å². The number of nitrogens with one attached hydrogen (secondary N) is 3. The molecule has 0 atom stereocenters. The van der Waals surface area contributed by atoms with Crippen LogP contribution in [-0.4, -0.2) is 40.3 Å². The van der Waals surface area contributed by atoms with E-state index in [1.165, 1.54) is 26.3 Å². The normalized spacial score (nSPS) is 13.8. The maximum atomic E-state index is 12.4. The molecule has 2 aromatic rings. The van der Waals surface area contributed by atoms with Gasteiger partial charge in [0.2, 0.25) is 5.91 Å². The number of halogens is 3. The number of amides is 1. The van der Waals surface area contributed by atoms with Gasteiger partial charge in [-0.25, -0.2) is 4.98 Å². The predicted molar refractivity (Wildman–Crippen MR) is 118 cm³/mol. The number of aromatic amines is 1. The van der Waals surface area contributed by atoms with Crippen molar-refractivity contribution in [3.63, 3.8) is 0 Å². The van der Waals surface area contributed by atoms with Crippen LogP contribution < -0.4 is 10.6 Å². The number of hydrogen-bond donors (Lipinski definition) is 3. The van der Waals surface area contributed by atoms with E-state index in [0.717, 1.165) is 16.5 Å². The average Bonchev–Trinajstić information content (AvgIpc) is 3.04. The molecule has 0 spiro atoms. The number of allylic oxidation sites excluding steroid dienone is 3. The molecular formula is C22H25F3N6O. The van der Waals surface area contributed by atoms with E-state index in [1.54, 1.807) is 24.5 Å². The molecule has 7 nitrogen and oxygen atoms in total. The molecule has 2 aromatic heterocycles. The maximum Gasteiger partial charge on any atom is 0.405 e. The van der Waals surface area contributed by atoms with E-state index >= 15 is 0 Å². The fourth-order valence-electron chi connectivity index (χ4n) is 2.94. The van der Waals surface area contributed by atoms with Gasteiger partial charge in [-0.1, -0.05) is 19.9 Å². The molecule has 3 N–H and O–H groups in total. The zero-order valence-electron chi connectivity index (χ0n) is 18.3. The smallest absolute Gasteiger partial charge is 0.371 e. The van der Waals surface area contributed by atoms with Crippen molar-refractivity contribution >= 4 is 28.7 Å². The third-order valence-corrected chi connectivity index (χ3v) is 4.47. The summed E-state index contributed by atoms with van der Waals surface area (Å²) in [6.07, 6.45) is 4.18. The summed E-state index contributed by atoms with van der Waals surface area (Å²) in [5.41, 5.74) is 1.99. The van der Waals surface area contributed by atoms with E-state index in [9.17, 15) is 18.0 Å². The van der Waals surface area contributed by atoms with Crippen molar-refractivity contribution < 1.29 is 18.0 Å². The molecule has 0 fully saturated rings. The van der Waals surface area contributed by atoms with E-state index in [4.69, 9.17) is 5.26 Å². The number of nitrogens with zero attached hydrogens (tertiary/aromatic N) is 3. The summed E-state index contributed by atoms with van der Waals surface area (Å²) < 4.78 is 37.1. The monoisotopic (exact) mass is 446 g/mol. The standard InChI is InChI=1S/C20H19F3N6O.C2H6/c1-19(2,18(30)28-11-20(21,22)23)29-14-4-3-13(8-25-9-14)16-10-27-17-15(16)5-12(6-24)7-26-17;1-2/h4-5,7-10,29H,3,11H2,1-2H3,(H,26,27)(H,28,30);1-2H3. The Labute approximate surface area is 184 Å². The van der Waals surface area contributed by atoms with Crippen LogP contribution in [0.2, 0.25) is 0 Å². The van der Waals surface area contributed by atoms with Gasteiger partial charge in [-0.05, 0) is 31.9 Å². The number of aromatic nitrogens is 2. The lowest BCUT2D eigenvalue weighted by Crippen LogP contribution is -2.53. The molecule has 170 valence electrons. The van der Waals surface area contributed by atoms with E-state index in [2.05, 4.69) is 26.3 Å². The highest BCUT2D eigenvalue weighted by Crippen LogP contribution is 2.28. The first-order chi connectivity index (χ1) is 15.1. The Morgan fingerprint density at radius 2 is 2.03 bits per heavy atom. The molecule has 10 heteroatoms. The summed E-state index contributed by atoms with van der Waals surface area (Å²) in [4.78, 5) is 23.6. The van der Waals surface area contributed by atoms with Crippen LogP contribution in [0.25, 0.3) is 16.6 Å². The molecule has 0 unspecified atom stereocenters. The highest BCUT2D eigenvalue weighted by molar-refractivity contribution is 5.93. The highest BCUT2D eigenvalue weighted by Gasteiger charge is 2.33. The number of pyridine rings is 1. The molecule has 1 aliphatic heterocycles. The Morgan fingerprint density at radius 1 is 1.31 bits per heavy atom. The van der Waals surface area contributed by atoms with Crippen molar-refractivity contribution in [3.05, 3.63) is 47.6 Å². The summed E-state index contributed by atoms with van der Waals surface area (Å²) in [6.45, 7) is 5.58. The van der Waals surface area contributed by atoms with Gasteiger partial charge in [0.1, 0.15) is 23.8 Å². The highest BCUT2D eigenvalue weighted by atomic mass is 19.4. The Morgan fingerprint density at radius 3 is 2.69 bits per heavy atom. The second-order valence-corrected chi connectivity index (χ2v) is 7.28. The molecule has 0 saturated heterocycles. The third kappa shape index (κ3) is 6.20. The summed E-state index contributed by atoms with van der Waals surface area (Å²) in [6, 6.07) is 3.80. The first kappa shape index (κ1) is 24.7. The molecule has 0 aromatic carbocycles. The Kier molecular flexibility index (Phi) is 7.81. The lowest BCUT2D eigenvalue weighted by molar-refractivity contribution is -0.141. The zero-order chi connectivity index (χ0) is 23.9. The predicted octanol–water partition coefficient (Wildman–Crippen LogP) is 4.21. The Hall–Kier alpha value is -3.61. The van der Waals surface area contributed by atoms with Crippen LogP contribution in [0.4, 0.5) is 13.2 Å². The summed E-state index contributed by atoms with van der Waals surface area (Å²) in [5, 5.41) is 14.7. The quantitative estimate of drug-likeness (QED) is 0.640. The fourth-order valence-corrected chi connectivity index (χ4v) is 2.94. The molecule has 0 radical (unpaired) electrons. The number of nitriles is 1. The van der Waals surface area contributed by atoms with Gasteiger partial charge in [0.05, 0.1) is 5.56 Å². The fraction of sp³-hybridized carbons (Fsp3) is 0.364. The average molecular weight is 446 g/mol. The van der Waals surface area contributed by atoms with E-state index < -0.39 is 24.2 Å². The minimum Gasteiger partial charge on any atom is -0.371 e. The van der Waals surface area contributed by atoms with E-state index in [-0.39, 0.29) is 0 Å². The van der Waals surface area contributed by atoms with Crippen molar-refractivity contribution in [2.45, 2.75) is 45.8 Å². The van der Waals surface area contributed by atoms with Crippen molar-refractivity contribution in [1.29, 1.82) is 5.26 Å². The van der Waals surface area contributed by atoms with Gasteiger partial charge < -0.3 is 15.6 Å². The number of carbonyl (C=O) groups is 1. The molecule has 0 bridgehead atoms. The number of H-pyrrole nitrogens is 1. The van der Waals surface area contributed by atoms with Crippen molar-refractivity contribution in [2.75, 3.05) is 6.54 Å². The van der Waals surface area contributed by atoms with Crippen molar-refractivity contribution in [2.24, 2.45) is 4.99 Å². The van der Waals surface area contributed by atoms with Gasteiger partial charge in [0.15, 0.2) is 0 Å². The van der Waals surface area contributed by atoms with Crippen LogP contribution in [0.5, 0.6) is 0 Å². The second-order valence-electron chi connectivity index (χ2n) is 7.28. The minimum atomic E-state index is -4.48. The number of rotatable bonds is 5. The second kappa shape index (κ2) is 10.1. The first-order valence-corrected chi connectivity index (χ1v) is 10.0. The van der Waals surface area contributed by atoms with Gasteiger partial charge >= 0.3 is 6.18 Å². The van der Waals surface area contributed by atoms with Gasteiger partial charge in [0.25, 0.3) is 0 Å². The van der Waals surface area contributed by atoms with Crippen LogP contribution in [-0.2, 0) is 4.79 Å². The molecular weight excluding hydrogens is 421 g/mol. The summed E-state index contributed by atoms with van der Waals surface area (Å²) in [5.74, 6) is -0.779. The maximum absolute atomic E-state index is 12.4. The van der Waals surface area contributed by atoms with Crippen LogP contribution in [0.3, 0.4) is 0 Å². The zero-order valence-corrected chi connectivity index (χ0v) is 18.3. The minimum absolute atomic E-state index is 0.436. The van der Waals surface area contributed by atoms with E-state index in [0.29, 0.717) is 23.3 Å². The lowest BCUT2D eigenvalue weighted by atomic mass is 10.0. The summed E-state index contributed by atoms with van der Waals surface area (Å²) >= 11 is 0. The Balaban J connectivity index is 0.00000176. The molecule has 3 heterocycles. The Bertz CT molecular complexity index is 1100. The molecule has 3 rings (SSSR count). The topological polar surface area (TPSA) is 106 Å². The van der Waals surface area contributed by atoms with Crippen molar-refractivity contribution in [3.8, 4) is 6.07 Å². The van der Waals surface area contributed by atoms with Crippen LogP contribution in [0.15, 0.2) is 41.4 Å². The first-order valence-electron chi connectivity index (χ1n) is 10.0. The molecule has 0 saturated carbocycles. The number of hydrogen-bond acceptors (Lipinski definition) is 5. The van der Waals surface area contributed by atoms with Gasteiger partial charge in [-0.3, -0.25) is 9.79 Å². The summed E-state index contributed by atoms with van der Waals surface area (Å²) in [7, 11) is 0. The lowest BCUT2D eigenvalue weighted by Gasteiger charge is -2.27. The van der Waals surface area contributed by atoms with Crippen LogP contribution in [0, 0.1) is 11.3 Å². The number of carbonyl (C=O) groups excluding carboxylic acids is 1. The number of alkyl halides is 3. The number of fused-ring (bicyclic) bond motifs is 1. The molecule has 1 amide bonds. The van der Waals surface area contributed by atoms with Crippen molar-refractivity contribution in [1.82, 2.24) is 20.6 Å². The molecule has 0 aliphatic carbocycles. The largest absolute Gasteiger partial charge is 0.405 e. The van der Waals surface area contributed by atoms with E-state index in [1.807, 2.05) is 19.2 Å².